The van der Waals surface area contributed by atoms with Crippen molar-refractivity contribution in [2.24, 2.45) is 0 Å². The molecule has 4 rings (SSSR count). The molecule has 29 heavy (non-hydrogen) atoms. The summed E-state index contributed by atoms with van der Waals surface area (Å²) in [5, 5.41) is 17.2. The lowest BCUT2D eigenvalue weighted by atomic mass is 10.2. The van der Waals surface area contributed by atoms with Crippen LogP contribution in [0.2, 0.25) is 0 Å². The van der Waals surface area contributed by atoms with Crippen LogP contribution in [0.3, 0.4) is 0 Å². The number of thiazole rings is 1. The highest BCUT2D eigenvalue weighted by Gasteiger charge is 2.33. The van der Waals surface area contributed by atoms with Gasteiger partial charge in [-0.15, -0.1) is 11.3 Å². The Kier molecular flexibility index (Phi) is 5.08. The molecule has 150 valence electrons. The van der Waals surface area contributed by atoms with Gasteiger partial charge in [0.15, 0.2) is 0 Å². The molecule has 2 amide bonds. The topological polar surface area (TPSA) is 122 Å². The second kappa shape index (κ2) is 7.83. The van der Waals surface area contributed by atoms with Gasteiger partial charge in [0.05, 0.1) is 31.0 Å². The third-order valence-electron chi connectivity index (χ3n) is 4.19. The molecule has 0 unspecified atom stereocenters. The van der Waals surface area contributed by atoms with E-state index in [2.05, 4.69) is 20.4 Å². The molecule has 3 heterocycles. The van der Waals surface area contributed by atoms with Gasteiger partial charge in [-0.2, -0.15) is 5.10 Å². The highest BCUT2D eigenvalue weighted by Crippen LogP contribution is 2.31. The Morgan fingerprint density at radius 2 is 2.31 bits per heavy atom. The number of carbonyl (C=O) groups is 2. The van der Waals surface area contributed by atoms with Crippen molar-refractivity contribution in [3.8, 4) is 10.6 Å². The number of nitrogens with zero attached hydrogens (tertiary/aromatic N) is 5. The van der Waals surface area contributed by atoms with Gasteiger partial charge in [0.25, 0.3) is 0 Å². The van der Waals surface area contributed by atoms with Gasteiger partial charge in [0.2, 0.25) is 0 Å². The van der Waals surface area contributed by atoms with Crippen LogP contribution in [-0.2, 0) is 11.3 Å². The lowest BCUT2D eigenvalue weighted by Gasteiger charge is -2.14. The average molecular weight is 418 g/mol. The highest BCUT2D eigenvalue weighted by atomic mass is 32.1. The van der Waals surface area contributed by atoms with Gasteiger partial charge in [-0.25, -0.2) is 28.6 Å². The highest BCUT2D eigenvalue weighted by molar-refractivity contribution is 7.13. The van der Waals surface area contributed by atoms with E-state index in [4.69, 9.17) is 9.84 Å². The minimum Gasteiger partial charge on any atom is -0.465 e. The van der Waals surface area contributed by atoms with Crippen LogP contribution < -0.4 is 10.2 Å². The largest absolute Gasteiger partial charge is 0.465 e. The van der Waals surface area contributed by atoms with Crippen molar-refractivity contribution in [2.75, 3.05) is 18.0 Å². The van der Waals surface area contributed by atoms with Gasteiger partial charge in [-0.3, -0.25) is 4.90 Å². The summed E-state index contributed by atoms with van der Waals surface area (Å²) >= 11 is 1.31. The van der Waals surface area contributed by atoms with Crippen LogP contribution in [-0.4, -0.2) is 56.2 Å². The monoisotopic (exact) mass is 418 g/mol. The lowest BCUT2D eigenvalue weighted by molar-refractivity contribution is 0.136. The lowest BCUT2D eigenvalue weighted by Crippen LogP contribution is -2.33. The first-order valence-corrected chi connectivity index (χ1v) is 9.39. The Balaban J connectivity index is 1.48. The molecule has 0 bridgehead atoms. The van der Waals surface area contributed by atoms with Crippen molar-refractivity contribution in [2.45, 2.75) is 12.6 Å². The van der Waals surface area contributed by atoms with E-state index in [0.29, 0.717) is 22.8 Å². The number of hydrogen-bond acceptors (Lipinski definition) is 7. The van der Waals surface area contributed by atoms with E-state index in [1.165, 1.54) is 28.6 Å². The Hall–Kier alpha value is -3.54. The molecular weight excluding hydrogens is 403 g/mol. The average Bonchev–Trinajstić information content (AvgIpc) is 3.42. The number of halogens is 1. The smallest absolute Gasteiger partial charge is 0.414 e. The zero-order valence-corrected chi connectivity index (χ0v) is 15.7. The summed E-state index contributed by atoms with van der Waals surface area (Å²) < 4.78 is 21.4. The summed E-state index contributed by atoms with van der Waals surface area (Å²) in [7, 11) is 0. The first kappa shape index (κ1) is 18.8. The fourth-order valence-corrected chi connectivity index (χ4v) is 3.71. The first-order chi connectivity index (χ1) is 14.0. The molecule has 0 spiro atoms. The number of anilines is 1. The fraction of sp³-hybridized carbons (Fsp3) is 0.235. The normalized spacial score (nSPS) is 16.1. The third-order valence-corrected chi connectivity index (χ3v) is 5.12. The van der Waals surface area contributed by atoms with Gasteiger partial charge >= 0.3 is 12.2 Å². The Labute approximate surface area is 167 Å². The maximum Gasteiger partial charge on any atom is 0.414 e. The van der Waals surface area contributed by atoms with Gasteiger partial charge in [0.1, 0.15) is 29.6 Å². The van der Waals surface area contributed by atoms with Crippen LogP contribution in [0.5, 0.6) is 0 Å². The second-order valence-corrected chi connectivity index (χ2v) is 7.06. The molecule has 3 aromatic rings. The van der Waals surface area contributed by atoms with E-state index in [1.807, 2.05) is 5.38 Å². The Bertz CT molecular complexity index is 1040. The summed E-state index contributed by atoms with van der Waals surface area (Å²) in [4.78, 5) is 32.2. The number of amides is 2. The molecule has 1 aliphatic rings. The second-order valence-electron chi connectivity index (χ2n) is 6.20. The zero-order chi connectivity index (χ0) is 20.4. The maximum absolute atomic E-state index is 14.7. The molecule has 2 aromatic heterocycles. The number of carbonyl (C=O) groups excluding carboxylic acids is 1. The molecular formula is C17H15FN6O4S. The molecule has 1 atom stereocenters. The Morgan fingerprint density at radius 1 is 1.45 bits per heavy atom. The molecule has 12 heteroatoms. The van der Waals surface area contributed by atoms with Crippen LogP contribution in [0.4, 0.5) is 19.7 Å². The molecule has 1 aliphatic heterocycles. The number of benzene rings is 1. The van der Waals surface area contributed by atoms with Crippen LogP contribution >= 0.6 is 11.3 Å². The van der Waals surface area contributed by atoms with Crippen molar-refractivity contribution in [1.82, 2.24) is 25.1 Å². The van der Waals surface area contributed by atoms with E-state index in [-0.39, 0.29) is 13.1 Å². The SMILES string of the molecule is O=C(O)NC[C@H]1CN(c2ccc(-c3nc(Cn4cncn4)cs3)c(F)c2)C(=O)O1. The van der Waals surface area contributed by atoms with Crippen LogP contribution in [0.1, 0.15) is 5.69 Å². The molecule has 0 radical (unpaired) electrons. The van der Waals surface area contributed by atoms with E-state index in [0.717, 1.165) is 5.69 Å². The van der Waals surface area contributed by atoms with E-state index >= 15 is 0 Å². The summed E-state index contributed by atoms with van der Waals surface area (Å²) in [6.45, 7) is 0.518. The molecule has 1 aromatic carbocycles. The standard InChI is InChI=1S/C17H15FN6O4S/c18-14-3-11(24-6-12(28-17(24)27)4-20-16(25)26)1-2-13(14)15-22-10(7-29-15)5-23-9-19-8-21-23/h1-3,7-9,12,20H,4-6H2,(H,25,26)/t12-/m0/s1. The fourth-order valence-electron chi connectivity index (χ4n) is 2.87. The molecule has 1 saturated heterocycles. The molecule has 0 saturated carbocycles. The number of nitrogens with one attached hydrogen (secondary N) is 1. The van der Waals surface area contributed by atoms with Crippen molar-refractivity contribution >= 4 is 29.2 Å². The molecule has 10 nitrogen and oxygen atoms in total. The number of carboxylic acid groups (broad SMARTS) is 1. The first-order valence-electron chi connectivity index (χ1n) is 8.51. The van der Waals surface area contributed by atoms with E-state index in [1.54, 1.807) is 23.1 Å². The minimum atomic E-state index is -1.21. The summed E-state index contributed by atoms with van der Waals surface area (Å²) in [5.74, 6) is -0.524. The van der Waals surface area contributed by atoms with Crippen molar-refractivity contribution in [3.05, 3.63) is 47.7 Å². The van der Waals surface area contributed by atoms with Crippen LogP contribution in [0, 0.1) is 5.82 Å². The molecule has 0 aliphatic carbocycles. The molecule has 2 N–H and O–H groups in total. The number of rotatable bonds is 6. The summed E-state index contributed by atoms with van der Waals surface area (Å²) in [5.41, 5.74) is 1.38. The van der Waals surface area contributed by atoms with Gasteiger partial charge < -0.3 is 15.2 Å². The zero-order valence-electron chi connectivity index (χ0n) is 14.9. The van der Waals surface area contributed by atoms with Crippen molar-refractivity contribution in [1.29, 1.82) is 0 Å². The van der Waals surface area contributed by atoms with E-state index < -0.39 is 24.1 Å². The number of ether oxygens (including phenoxy) is 1. The Morgan fingerprint density at radius 3 is 3.03 bits per heavy atom. The summed E-state index contributed by atoms with van der Waals surface area (Å²) in [6.07, 6.45) is 0.500. The van der Waals surface area contributed by atoms with Crippen molar-refractivity contribution < 1.29 is 23.8 Å². The van der Waals surface area contributed by atoms with Gasteiger partial charge in [-0.05, 0) is 18.2 Å². The van der Waals surface area contributed by atoms with Crippen LogP contribution in [0.15, 0.2) is 36.2 Å². The number of hydrogen-bond donors (Lipinski definition) is 2. The molecule has 1 fully saturated rings. The maximum atomic E-state index is 14.7. The summed E-state index contributed by atoms with van der Waals surface area (Å²) in [6, 6.07) is 4.39. The quantitative estimate of drug-likeness (QED) is 0.629. The predicted octanol–water partition coefficient (Wildman–Crippen LogP) is 2.18. The predicted molar refractivity (Wildman–Crippen MR) is 100 cm³/mol. The minimum absolute atomic E-state index is 0.0359. The van der Waals surface area contributed by atoms with Gasteiger partial charge in [-0.1, -0.05) is 0 Å². The van der Waals surface area contributed by atoms with Gasteiger partial charge in [0, 0.05) is 10.9 Å². The van der Waals surface area contributed by atoms with Crippen molar-refractivity contribution in [3.63, 3.8) is 0 Å². The number of aromatic nitrogens is 4. The van der Waals surface area contributed by atoms with E-state index in [9.17, 15) is 14.0 Å². The number of cyclic esters (lactones) is 1. The third kappa shape index (κ3) is 4.16. The van der Waals surface area contributed by atoms with Crippen LogP contribution in [0.25, 0.3) is 10.6 Å².